The van der Waals surface area contributed by atoms with Gasteiger partial charge < -0.3 is 9.84 Å². The van der Waals surface area contributed by atoms with Gasteiger partial charge in [-0.1, -0.05) is 65.7 Å². The number of nitrogens with one attached hydrogen (secondary N) is 1. The molecular formula is C35H33N3O7. The van der Waals surface area contributed by atoms with Crippen molar-refractivity contribution >= 4 is 29.3 Å². The summed E-state index contributed by atoms with van der Waals surface area (Å²) in [5, 5.41) is 22.3. The van der Waals surface area contributed by atoms with Crippen LogP contribution in [0.15, 0.2) is 84.4 Å². The minimum absolute atomic E-state index is 0.0695. The van der Waals surface area contributed by atoms with E-state index in [1.165, 1.54) is 6.07 Å². The lowest BCUT2D eigenvalue weighted by molar-refractivity contribution is -0.173. The number of hydrogen-bond acceptors (Lipinski definition) is 8. The molecule has 0 bridgehead atoms. The first-order chi connectivity index (χ1) is 21.7. The summed E-state index contributed by atoms with van der Waals surface area (Å²) in [6, 6.07) is 21.5. The number of carbonyl (C=O) groups excluding carboxylic acids is 4. The highest BCUT2D eigenvalue weighted by molar-refractivity contribution is 6.13. The van der Waals surface area contributed by atoms with Crippen LogP contribution in [0.5, 0.6) is 11.5 Å². The number of amides is 4. The predicted octanol–water partition coefficient (Wildman–Crippen LogP) is 4.47. The number of benzene rings is 3. The number of imide groups is 2. The number of phenolic OH excluding ortho intramolecular Hbond substituents is 1. The predicted molar refractivity (Wildman–Crippen MR) is 162 cm³/mol. The molecule has 45 heavy (non-hydrogen) atoms. The molecule has 3 aromatic rings. The van der Waals surface area contributed by atoms with E-state index in [1.807, 2.05) is 55.5 Å². The number of nitrogens with zero attached hydrogens (tertiary/aromatic N) is 2. The Labute approximate surface area is 259 Å². The molecule has 0 spiro atoms. The molecule has 2 heterocycles. The fourth-order valence-corrected chi connectivity index (χ4v) is 8.09. The maximum atomic E-state index is 15.0. The van der Waals surface area contributed by atoms with Crippen LogP contribution < -0.4 is 10.2 Å². The number of ether oxygens (including phenoxy) is 1. The van der Waals surface area contributed by atoms with Crippen LogP contribution >= 0.6 is 0 Å². The highest BCUT2D eigenvalue weighted by Gasteiger charge is 2.70. The zero-order valence-corrected chi connectivity index (χ0v) is 24.8. The summed E-state index contributed by atoms with van der Waals surface area (Å²) in [7, 11) is 0. The van der Waals surface area contributed by atoms with Crippen molar-refractivity contribution in [2.24, 2.45) is 23.7 Å². The Morgan fingerprint density at radius 3 is 2.38 bits per heavy atom. The third-order valence-electron chi connectivity index (χ3n) is 9.99. The second kappa shape index (κ2) is 10.6. The molecular weight excluding hydrogens is 574 g/mol. The molecule has 1 saturated carbocycles. The Balaban J connectivity index is 1.47. The Hall–Kier alpha value is -4.96. The Morgan fingerprint density at radius 1 is 0.933 bits per heavy atom. The number of rotatable bonds is 6. The first kappa shape index (κ1) is 28.8. The number of hydrogen-bond donors (Lipinski definition) is 3. The molecule has 2 saturated heterocycles. The highest BCUT2D eigenvalue weighted by atomic mass is 16.5. The van der Waals surface area contributed by atoms with Gasteiger partial charge in [-0.3, -0.25) is 29.8 Å². The second-order valence-electron chi connectivity index (χ2n) is 12.2. The maximum absolute atomic E-state index is 15.0. The molecule has 6 unspecified atom stereocenters. The molecule has 10 heteroatoms. The molecule has 6 atom stereocenters. The van der Waals surface area contributed by atoms with Gasteiger partial charge in [0.15, 0.2) is 11.5 Å². The molecule has 3 fully saturated rings. The van der Waals surface area contributed by atoms with Gasteiger partial charge in [-0.05, 0) is 68.0 Å². The number of hydroxylamine groups is 2. The Bertz CT molecular complexity index is 1750. The van der Waals surface area contributed by atoms with Gasteiger partial charge in [0.05, 0.1) is 35.5 Å². The van der Waals surface area contributed by atoms with Crippen LogP contribution in [0.4, 0.5) is 5.69 Å². The minimum Gasteiger partial charge on any atom is -0.504 e. The van der Waals surface area contributed by atoms with Gasteiger partial charge in [0.1, 0.15) is 0 Å². The lowest BCUT2D eigenvalue weighted by Crippen LogP contribution is -2.53. The summed E-state index contributed by atoms with van der Waals surface area (Å²) in [5.41, 5.74) is 5.22. The number of anilines is 1. The Morgan fingerprint density at radius 2 is 1.67 bits per heavy atom. The topological polar surface area (TPSA) is 136 Å². The number of hydrazine groups is 1. The molecule has 2 aliphatic heterocycles. The van der Waals surface area contributed by atoms with Crippen molar-refractivity contribution < 1.29 is 34.2 Å². The van der Waals surface area contributed by atoms with Gasteiger partial charge in [0, 0.05) is 5.92 Å². The van der Waals surface area contributed by atoms with Gasteiger partial charge >= 0.3 is 0 Å². The van der Waals surface area contributed by atoms with E-state index < -0.39 is 58.6 Å². The van der Waals surface area contributed by atoms with E-state index in [9.17, 15) is 24.7 Å². The summed E-state index contributed by atoms with van der Waals surface area (Å²) in [4.78, 5) is 55.8. The quantitative estimate of drug-likeness (QED) is 0.212. The third-order valence-corrected chi connectivity index (χ3v) is 9.99. The lowest BCUT2D eigenvalue weighted by atomic mass is 9.49. The van der Waals surface area contributed by atoms with E-state index in [4.69, 9.17) is 4.74 Å². The van der Waals surface area contributed by atoms with Crippen LogP contribution in [0.1, 0.15) is 42.4 Å². The second-order valence-corrected chi connectivity index (χ2v) is 12.2. The van der Waals surface area contributed by atoms with Crippen molar-refractivity contribution in [2.45, 2.75) is 38.0 Å². The fourth-order valence-electron chi connectivity index (χ4n) is 8.09. The largest absolute Gasteiger partial charge is 0.504 e. The summed E-state index contributed by atoms with van der Waals surface area (Å²) >= 11 is 0. The van der Waals surface area contributed by atoms with Crippen LogP contribution in [0.25, 0.3) is 0 Å². The average Bonchev–Trinajstić information content (AvgIpc) is 3.40. The van der Waals surface area contributed by atoms with Crippen molar-refractivity contribution in [3.05, 3.63) is 101 Å². The SMILES string of the molecule is CCOc1cc(C2C3=CCC4C(=O)N(O)C(=O)C4C3CC3C(=O)N(Nc4ccc(C)cc4)C(=O)C32c2ccccc2)ccc1O. The first-order valence-electron chi connectivity index (χ1n) is 15.2. The van der Waals surface area contributed by atoms with Crippen molar-refractivity contribution in [2.75, 3.05) is 12.0 Å². The molecule has 4 aliphatic rings. The number of aromatic hydroxyl groups is 1. The van der Waals surface area contributed by atoms with E-state index in [1.54, 1.807) is 31.2 Å². The van der Waals surface area contributed by atoms with Crippen molar-refractivity contribution in [3.63, 3.8) is 0 Å². The molecule has 7 rings (SSSR count). The number of carbonyl (C=O) groups is 4. The van der Waals surface area contributed by atoms with Crippen LogP contribution in [0.2, 0.25) is 0 Å². The normalized spacial score (nSPS) is 28.9. The van der Waals surface area contributed by atoms with Crippen LogP contribution in [-0.4, -0.2) is 50.6 Å². The smallest absolute Gasteiger partial charge is 0.260 e. The van der Waals surface area contributed by atoms with Crippen molar-refractivity contribution in [3.8, 4) is 11.5 Å². The summed E-state index contributed by atoms with van der Waals surface area (Å²) < 4.78 is 5.74. The monoisotopic (exact) mass is 607 g/mol. The van der Waals surface area contributed by atoms with Gasteiger partial charge in [-0.25, -0.2) is 0 Å². The molecule has 3 N–H and O–H groups in total. The summed E-state index contributed by atoms with van der Waals surface area (Å²) in [6.45, 7) is 4.03. The van der Waals surface area contributed by atoms with E-state index >= 15 is 4.79 Å². The van der Waals surface area contributed by atoms with Gasteiger partial charge in [0.2, 0.25) is 0 Å². The van der Waals surface area contributed by atoms with Crippen molar-refractivity contribution in [1.82, 2.24) is 10.1 Å². The zero-order valence-electron chi connectivity index (χ0n) is 24.8. The zero-order chi connectivity index (χ0) is 31.6. The van der Waals surface area contributed by atoms with Gasteiger partial charge in [0.25, 0.3) is 23.6 Å². The fraction of sp³-hybridized carbons (Fsp3) is 0.314. The molecule has 230 valence electrons. The maximum Gasteiger partial charge on any atom is 0.260 e. The standard InChI is InChI=1S/C35H33N3O7/c1-3-45-28-17-20(11-16-27(28)39)30-23-14-15-24-29(33(42)38(44)31(24)40)25(23)18-26-32(41)37(36-22-12-9-19(2)10-13-22)34(43)35(26,30)21-7-5-4-6-8-21/h4-14,16-17,24-26,29-30,36,39,44H,3,15,18H2,1-2H3. The van der Waals surface area contributed by atoms with Crippen LogP contribution in [0, 0.1) is 30.6 Å². The number of phenols is 1. The number of aryl methyl sites for hydroxylation is 1. The minimum atomic E-state index is -1.43. The van der Waals surface area contributed by atoms with E-state index in [2.05, 4.69) is 5.43 Å². The molecule has 4 amide bonds. The third kappa shape index (κ3) is 4.12. The Kier molecular flexibility index (Phi) is 6.77. The molecule has 3 aromatic carbocycles. The highest BCUT2D eigenvalue weighted by Crippen LogP contribution is 2.64. The first-order valence-corrected chi connectivity index (χ1v) is 15.2. The van der Waals surface area contributed by atoms with E-state index in [-0.39, 0.29) is 36.0 Å². The van der Waals surface area contributed by atoms with E-state index in [0.29, 0.717) is 16.8 Å². The van der Waals surface area contributed by atoms with Crippen molar-refractivity contribution in [1.29, 1.82) is 0 Å². The molecule has 10 nitrogen and oxygen atoms in total. The average molecular weight is 608 g/mol. The van der Waals surface area contributed by atoms with E-state index in [0.717, 1.165) is 16.1 Å². The van der Waals surface area contributed by atoms with Gasteiger partial charge in [-0.15, -0.1) is 0 Å². The summed E-state index contributed by atoms with van der Waals surface area (Å²) in [6.07, 6.45) is 2.23. The van der Waals surface area contributed by atoms with Crippen LogP contribution in [0.3, 0.4) is 0 Å². The number of allylic oxidation sites excluding steroid dienone is 2. The lowest BCUT2D eigenvalue weighted by Gasteiger charge is -2.50. The van der Waals surface area contributed by atoms with Crippen LogP contribution in [-0.2, 0) is 24.6 Å². The number of fused-ring (bicyclic) bond motifs is 4. The van der Waals surface area contributed by atoms with Gasteiger partial charge in [-0.2, -0.15) is 10.1 Å². The summed E-state index contributed by atoms with van der Waals surface area (Å²) in [5.74, 6) is -5.99. The molecule has 0 aromatic heterocycles. The molecule has 0 radical (unpaired) electrons. The molecule has 2 aliphatic carbocycles.